The second kappa shape index (κ2) is 4.58. The monoisotopic (exact) mass is 272 g/mol. The number of fused-ring (bicyclic) bond motifs is 1. The van der Waals surface area contributed by atoms with Gasteiger partial charge in [-0.1, -0.05) is 13.8 Å². The molecule has 0 fully saturated rings. The number of hydrogen-bond acceptors (Lipinski definition) is 3. The van der Waals surface area contributed by atoms with Crippen molar-refractivity contribution in [2.24, 2.45) is 12.5 Å². The molecule has 0 N–H and O–H groups in total. The van der Waals surface area contributed by atoms with Gasteiger partial charge in [-0.25, -0.2) is 0 Å². The van der Waals surface area contributed by atoms with E-state index >= 15 is 0 Å². The Morgan fingerprint density at radius 2 is 2.15 bits per heavy atom. The highest BCUT2D eigenvalue weighted by atomic mass is 16.1. The normalized spacial score (nSPS) is 17.2. The van der Waals surface area contributed by atoms with Gasteiger partial charge >= 0.3 is 0 Å². The molecule has 1 aliphatic carbocycles. The maximum atomic E-state index is 12.2. The van der Waals surface area contributed by atoms with E-state index < -0.39 is 0 Å². The highest BCUT2D eigenvalue weighted by Crippen LogP contribution is 2.35. The van der Waals surface area contributed by atoms with Crippen molar-refractivity contribution in [3.8, 4) is 0 Å². The van der Waals surface area contributed by atoms with Crippen molar-refractivity contribution in [3.63, 3.8) is 0 Å². The van der Waals surface area contributed by atoms with Crippen LogP contribution in [0, 0.1) is 5.41 Å². The Labute approximate surface area is 118 Å². The van der Waals surface area contributed by atoms with Gasteiger partial charge in [-0.2, -0.15) is 0 Å². The zero-order valence-corrected chi connectivity index (χ0v) is 12.3. The molecule has 2 aromatic rings. The van der Waals surface area contributed by atoms with Crippen LogP contribution in [0.4, 0.5) is 0 Å². The first-order chi connectivity index (χ1) is 9.46. The molecule has 1 aliphatic rings. The van der Waals surface area contributed by atoms with E-state index in [1.807, 2.05) is 23.9 Å². The molecule has 0 saturated heterocycles. The van der Waals surface area contributed by atoms with Crippen molar-refractivity contribution in [1.82, 2.24) is 19.3 Å². The second-order valence-corrected chi connectivity index (χ2v) is 6.42. The number of rotatable bonds is 3. The standard InChI is InChI=1S/C15H20N4O/c1-15(2)8-12-11(13(20)9-15)4-6-19(12)7-5-14-17-16-10-18(14)3/h4,6,10H,5,7-9H2,1-3H3. The molecule has 2 aromatic heterocycles. The summed E-state index contributed by atoms with van der Waals surface area (Å²) in [4.78, 5) is 12.2. The first-order valence-corrected chi connectivity index (χ1v) is 7.00. The molecule has 20 heavy (non-hydrogen) atoms. The van der Waals surface area contributed by atoms with E-state index in [0.29, 0.717) is 6.42 Å². The predicted molar refractivity (Wildman–Crippen MR) is 75.6 cm³/mol. The molecule has 0 aliphatic heterocycles. The first kappa shape index (κ1) is 13.1. The molecule has 0 radical (unpaired) electrons. The summed E-state index contributed by atoms with van der Waals surface area (Å²) in [5.74, 6) is 1.24. The van der Waals surface area contributed by atoms with Crippen LogP contribution in [0.25, 0.3) is 0 Å². The van der Waals surface area contributed by atoms with Crippen molar-refractivity contribution in [1.29, 1.82) is 0 Å². The Hall–Kier alpha value is -1.91. The van der Waals surface area contributed by atoms with Crippen LogP contribution in [-0.2, 0) is 26.4 Å². The fourth-order valence-electron chi connectivity index (χ4n) is 2.97. The summed E-state index contributed by atoms with van der Waals surface area (Å²) >= 11 is 0. The summed E-state index contributed by atoms with van der Waals surface area (Å²) in [5.41, 5.74) is 2.14. The number of aryl methyl sites for hydroxylation is 3. The number of carbonyl (C=O) groups excluding carboxylic acids is 1. The van der Waals surface area contributed by atoms with Crippen molar-refractivity contribution in [3.05, 3.63) is 35.7 Å². The van der Waals surface area contributed by atoms with Gasteiger partial charge in [0.05, 0.1) is 0 Å². The minimum atomic E-state index is 0.0605. The van der Waals surface area contributed by atoms with E-state index in [9.17, 15) is 4.79 Å². The third-order valence-corrected chi connectivity index (χ3v) is 4.05. The summed E-state index contributed by atoms with van der Waals surface area (Å²) in [5, 5.41) is 8.00. The summed E-state index contributed by atoms with van der Waals surface area (Å²) in [6.45, 7) is 5.16. The SMILES string of the molecule is Cn1cnnc1CCn1ccc2c1CC(C)(C)CC2=O. The highest BCUT2D eigenvalue weighted by molar-refractivity contribution is 5.98. The van der Waals surface area contributed by atoms with E-state index in [0.717, 1.165) is 30.8 Å². The van der Waals surface area contributed by atoms with Crippen molar-refractivity contribution in [2.75, 3.05) is 0 Å². The van der Waals surface area contributed by atoms with E-state index in [-0.39, 0.29) is 11.2 Å². The molecule has 0 spiro atoms. The Balaban J connectivity index is 1.82. The maximum Gasteiger partial charge on any atom is 0.165 e. The van der Waals surface area contributed by atoms with Gasteiger partial charge in [0.1, 0.15) is 12.2 Å². The van der Waals surface area contributed by atoms with Crippen molar-refractivity contribution >= 4 is 5.78 Å². The van der Waals surface area contributed by atoms with Crippen LogP contribution in [0.5, 0.6) is 0 Å². The van der Waals surface area contributed by atoms with Crippen LogP contribution in [0.2, 0.25) is 0 Å². The van der Waals surface area contributed by atoms with Gasteiger partial charge in [-0.15, -0.1) is 10.2 Å². The van der Waals surface area contributed by atoms with E-state index in [2.05, 4.69) is 28.6 Å². The largest absolute Gasteiger partial charge is 0.350 e. The quantitative estimate of drug-likeness (QED) is 0.859. The average Bonchev–Trinajstić information content (AvgIpc) is 2.92. The summed E-state index contributed by atoms with van der Waals surface area (Å²) in [6.07, 6.45) is 6.17. The van der Waals surface area contributed by atoms with Crippen molar-refractivity contribution in [2.45, 2.75) is 39.7 Å². The van der Waals surface area contributed by atoms with Crippen LogP contribution < -0.4 is 0 Å². The summed E-state index contributed by atoms with van der Waals surface area (Å²) in [7, 11) is 1.95. The Morgan fingerprint density at radius 3 is 2.85 bits per heavy atom. The fraction of sp³-hybridized carbons (Fsp3) is 0.533. The van der Waals surface area contributed by atoms with E-state index in [4.69, 9.17) is 0 Å². The topological polar surface area (TPSA) is 52.7 Å². The number of carbonyl (C=O) groups is 1. The summed E-state index contributed by atoms with van der Waals surface area (Å²) < 4.78 is 4.13. The van der Waals surface area contributed by atoms with Gasteiger partial charge in [0.15, 0.2) is 5.78 Å². The zero-order chi connectivity index (χ0) is 14.3. The van der Waals surface area contributed by atoms with Gasteiger partial charge in [0.25, 0.3) is 0 Å². The lowest BCUT2D eigenvalue weighted by molar-refractivity contribution is 0.0910. The smallest absolute Gasteiger partial charge is 0.165 e. The van der Waals surface area contributed by atoms with Gasteiger partial charge in [0.2, 0.25) is 0 Å². The molecule has 0 saturated carbocycles. The van der Waals surface area contributed by atoms with Crippen LogP contribution in [0.1, 0.15) is 42.1 Å². The molecule has 0 unspecified atom stereocenters. The van der Waals surface area contributed by atoms with Crippen LogP contribution >= 0.6 is 0 Å². The molecule has 0 atom stereocenters. The lowest BCUT2D eigenvalue weighted by Gasteiger charge is -2.29. The molecule has 0 bridgehead atoms. The number of ketones is 1. The van der Waals surface area contributed by atoms with Crippen LogP contribution in [-0.4, -0.2) is 25.1 Å². The van der Waals surface area contributed by atoms with E-state index in [1.165, 1.54) is 5.69 Å². The number of Topliss-reactive ketones (excluding diaryl/α,β-unsaturated/α-hetero) is 1. The van der Waals surface area contributed by atoms with Crippen LogP contribution in [0.3, 0.4) is 0 Å². The number of aromatic nitrogens is 4. The minimum absolute atomic E-state index is 0.0605. The minimum Gasteiger partial charge on any atom is -0.350 e. The molecule has 0 aromatic carbocycles. The molecule has 0 amide bonds. The third-order valence-electron chi connectivity index (χ3n) is 4.05. The van der Waals surface area contributed by atoms with Crippen LogP contribution in [0.15, 0.2) is 18.6 Å². The second-order valence-electron chi connectivity index (χ2n) is 6.42. The van der Waals surface area contributed by atoms with Gasteiger partial charge in [-0.3, -0.25) is 4.79 Å². The highest BCUT2D eigenvalue weighted by Gasteiger charge is 2.32. The lowest BCUT2D eigenvalue weighted by atomic mass is 9.76. The van der Waals surface area contributed by atoms with Gasteiger partial charge in [0, 0.05) is 43.9 Å². The van der Waals surface area contributed by atoms with Crippen molar-refractivity contribution < 1.29 is 4.79 Å². The number of hydrogen-bond donors (Lipinski definition) is 0. The zero-order valence-electron chi connectivity index (χ0n) is 12.3. The van der Waals surface area contributed by atoms with Gasteiger partial charge < -0.3 is 9.13 Å². The Morgan fingerprint density at radius 1 is 1.35 bits per heavy atom. The Bertz CT molecular complexity index is 651. The molecule has 5 heteroatoms. The molecule has 3 rings (SSSR count). The molecular formula is C15H20N4O. The molecular weight excluding hydrogens is 252 g/mol. The average molecular weight is 272 g/mol. The molecule has 2 heterocycles. The lowest BCUT2D eigenvalue weighted by Crippen LogP contribution is -2.28. The third kappa shape index (κ3) is 2.28. The molecule has 5 nitrogen and oxygen atoms in total. The molecule has 106 valence electrons. The first-order valence-electron chi connectivity index (χ1n) is 7.00. The fourth-order valence-corrected chi connectivity index (χ4v) is 2.97. The maximum absolute atomic E-state index is 12.2. The summed E-state index contributed by atoms with van der Waals surface area (Å²) in [6, 6.07) is 1.96. The predicted octanol–water partition coefficient (Wildman–Crippen LogP) is 2.01. The Kier molecular flexibility index (Phi) is 3.00. The number of nitrogens with zero attached hydrogens (tertiary/aromatic N) is 4. The van der Waals surface area contributed by atoms with E-state index in [1.54, 1.807) is 6.33 Å². The van der Waals surface area contributed by atoms with Gasteiger partial charge in [-0.05, 0) is 17.9 Å².